The van der Waals surface area contributed by atoms with Crippen LogP contribution < -0.4 is 0 Å². The largest absolute Gasteiger partial charge is 0.457 e. The minimum Gasteiger partial charge on any atom is -0.457 e. The molecular weight excluding hydrogens is 356 g/mol. The number of rotatable bonds is 4. The minimum absolute atomic E-state index is 0.0978. The highest BCUT2D eigenvalue weighted by atomic mass is 79.9. The van der Waals surface area contributed by atoms with Gasteiger partial charge in [0.2, 0.25) is 0 Å². The number of hydrogen-bond donors (Lipinski definition) is 0. The molecule has 2 aromatic rings. The van der Waals surface area contributed by atoms with Crippen LogP contribution in [0.5, 0.6) is 0 Å². The molecule has 0 spiro atoms. The third-order valence-corrected chi connectivity index (χ3v) is 4.42. The lowest BCUT2D eigenvalue weighted by molar-refractivity contribution is 0.0472. The van der Waals surface area contributed by atoms with Gasteiger partial charge in [0.25, 0.3) is 0 Å². The summed E-state index contributed by atoms with van der Waals surface area (Å²) in [6.45, 7) is 0.134. The molecule has 0 aliphatic carbocycles. The molecule has 0 saturated heterocycles. The lowest BCUT2D eigenvalue weighted by Crippen LogP contribution is -2.07. The van der Waals surface area contributed by atoms with Gasteiger partial charge in [-0.1, -0.05) is 34.1 Å². The Morgan fingerprint density at radius 3 is 2.43 bits per heavy atom. The molecule has 21 heavy (non-hydrogen) atoms. The average Bonchev–Trinajstić information content (AvgIpc) is 2.45. The van der Waals surface area contributed by atoms with Crippen LogP contribution in [0.15, 0.2) is 57.9 Å². The van der Waals surface area contributed by atoms with Crippen LogP contribution in [0.1, 0.15) is 15.9 Å². The Labute approximate surface area is 131 Å². The standard InChI is InChI=1S/C15H13BrO4S/c1-21(18,19)14-4-2-3-12(9-14)15(17)20-10-11-5-7-13(16)8-6-11/h2-9H,10H2,1H3. The first-order valence-electron chi connectivity index (χ1n) is 6.08. The Hall–Kier alpha value is -1.66. The van der Waals surface area contributed by atoms with Crippen LogP contribution in [-0.2, 0) is 21.2 Å². The molecule has 0 radical (unpaired) electrons. The van der Waals surface area contributed by atoms with Crippen molar-refractivity contribution in [2.75, 3.05) is 6.26 Å². The van der Waals surface area contributed by atoms with Crippen LogP contribution in [0, 0.1) is 0 Å². The fourth-order valence-corrected chi connectivity index (χ4v) is 2.60. The van der Waals surface area contributed by atoms with E-state index in [2.05, 4.69) is 15.9 Å². The second-order valence-electron chi connectivity index (χ2n) is 4.50. The molecule has 0 aliphatic heterocycles. The van der Waals surface area contributed by atoms with Gasteiger partial charge >= 0.3 is 5.97 Å². The number of esters is 1. The molecule has 0 saturated carbocycles. The number of sulfone groups is 1. The number of hydrogen-bond acceptors (Lipinski definition) is 4. The van der Waals surface area contributed by atoms with Crippen molar-refractivity contribution in [3.63, 3.8) is 0 Å². The first kappa shape index (κ1) is 15.7. The smallest absolute Gasteiger partial charge is 0.338 e. The van der Waals surface area contributed by atoms with Crippen LogP contribution in [0.2, 0.25) is 0 Å². The molecule has 0 atom stereocenters. The summed E-state index contributed by atoms with van der Waals surface area (Å²) in [5.41, 5.74) is 1.07. The van der Waals surface area contributed by atoms with Crippen LogP contribution in [-0.4, -0.2) is 20.6 Å². The normalized spacial score (nSPS) is 11.1. The van der Waals surface area contributed by atoms with E-state index in [1.807, 2.05) is 24.3 Å². The molecule has 2 rings (SSSR count). The number of carbonyl (C=O) groups is 1. The van der Waals surface area contributed by atoms with Gasteiger partial charge in [-0.2, -0.15) is 0 Å². The zero-order chi connectivity index (χ0) is 15.5. The third-order valence-electron chi connectivity index (χ3n) is 2.78. The van der Waals surface area contributed by atoms with Crippen LogP contribution in [0.4, 0.5) is 0 Å². The SMILES string of the molecule is CS(=O)(=O)c1cccc(C(=O)OCc2ccc(Br)cc2)c1. The van der Waals surface area contributed by atoms with Crippen molar-refractivity contribution in [1.82, 2.24) is 0 Å². The Kier molecular flexibility index (Phi) is 4.80. The maximum atomic E-state index is 11.9. The quantitative estimate of drug-likeness (QED) is 0.777. The molecule has 0 amide bonds. The molecule has 110 valence electrons. The van der Waals surface area contributed by atoms with Gasteiger partial charge in [0.1, 0.15) is 6.61 Å². The predicted octanol–water partition coefficient (Wildman–Crippen LogP) is 3.21. The van der Waals surface area contributed by atoms with Gasteiger partial charge in [0, 0.05) is 10.7 Å². The van der Waals surface area contributed by atoms with Gasteiger partial charge < -0.3 is 4.74 Å². The van der Waals surface area contributed by atoms with Gasteiger partial charge in [-0.05, 0) is 35.9 Å². The monoisotopic (exact) mass is 368 g/mol. The summed E-state index contributed by atoms with van der Waals surface area (Å²) in [4.78, 5) is 12.0. The summed E-state index contributed by atoms with van der Waals surface area (Å²) in [6.07, 6.45) is 1.10. The second-order valence-corrected chi connectivity index (χ2v) is 7.43. The van der Waals surface area contributed by atoms with E-state index in [1.165, 1.54) is 24.3 Å². The van der Waals surface area contributed by atoms with Crippen molar-refractivity contribution in [2.45, 2.75) is 11.5 Å². The molecule has 0 heterocycles. The second kappa shape index (κ2) is 6.41. The van der Waals surface area contributed by atoms with Gasteiger partial charge in [-0.15, -0.1) is 0 Å². The number of benzene rings is 2. The van der Waals surface area contributed by atoms with Crippen molar-refractivity contribution in [3.8, 4) is 0 Å². The topological polar surface area (TPSA) is 60.4 Å². The summed E-state index contributed by atoms with van der Waals surface area (Å²) in [5, 5.41) is 0. The predicted molar refractivity (Wildman–Crippen MR) is 82.8 cm³/mol. The molecule has 4 nitrogen and oxygen atoms in total. The Morgan fingerprint density at radius 1 is 1.14 bits per heavy atom. The maximum Gasteiger partial charge on any atom is 0.338 e. The van der Waals surface area contributed by atoms with Gasteiger partial charge in [-0.3, -0.25) is 0 Å². The maximum absolute atomic E-state index is 11.9. The van der Waals surface area contributed by atoms with Crippen LogP contribution >= 0.6 is 15.9 Å². The minimum atomic E-state index is -3.34. The van der Waals surface area contributed by atoms with E-state index in [0.29, 0.717) is 0 Å². The number of carbonyl (C=O) groups excluding carboxylic acids is 1. The van der Waals surface area contributed by atoms with Crippen molar-refractivity contribution in [1.29, 1.82) is 0 Å². The van der Waals surface area contributed by atoms with E-state index >= 15 is 0 Å². The Morgan fingerprint density at radius 2 is 1.81 bits per heavy atom. The highest BCUT2D eigenvalue weighted by Gasteiger charge is 2.12. The molecule has 6 heteroatoms. The van der Waals surface area contributed by atoms with Crippen molar-refractivity contribution in [2.24, 2.45) is 0 Å². The van der Waals surface area contributed by atoms with Crippen molar-refractivity contribution in [3.05, 3.63) is 64.1 Å². The highest BCUT2D eigenvalue weighted by Crippen LogP contribution is 2.14. The van der Waals surface area contributed by atoms with Crippen LogP contribution in [0.25, 0.3) is 0 Å². The fraction of sp³-hybridized carbons (Fsp3) is 0.133. The van der Waals surface area contributed by atoms with Gasteiger partial charge in [-0.25, -0.2) is 13.2 Å². The van der Waals surface area contributed by atoms with Gasteiger partial charge in [0.15, 0.2) is 9.84 Å². The van der Waals surface area contributed by atoms with Crippen LogP contribution in [0.3, 0.4) is 0 Å². The molecule has 0 fully saturated rings. The Balaban J connectivity index is 2.08. The molecule has 2 aromatic carbocycles. The van der Waals surface area contributed by atoms with Crippen molar-refractivity contribution >= 4 is 31.7 Å². The summed E-state index contributed by atoms with van der Waals surface area (Å²) >= 11 is 3.32. The molecule has 0 aliphatic rings. The van der Waals surface area contributed by atoms with E-state index in [-0.39, 0.29) is 17.1 Å². The summed E-state index contributed by atoms with van der Waals surface area (Å²) in [7, 11) is -3.34. The molecule has 0 N–H and O–H groups in total. The summed E-state index contributed by atoms with van der Waals surface area (Å²) < 4.78 is 29.0. The van der Waals surface area contributed by atoms with Crippen molar-refractivity contribution < 1.29 is 17.9 Å². The van der Waals surface area contributed by atoms with E-state index in [1.54, 1.807) is 0 Å². The van der Waals surface area contributed by atoms with E-state index in [9.17, 15) is 13.2 Å². The lowest BCUT2D eigenvalue weighted by Gasteiger charge is -2.06. The highest BCUT2D eigenvalue weighted by molar-refractivity contribution is 9.10. The lowest BCUT2D eigenvalue weighted by atomic mass is 10.2. The van der Waals surface area contributed by atoms with Gasteiger partial charge in [0.05, 0.1) is 10.5 Å². The molecule has 0 unspecified atom stereocenters. The summed E-state index contributed by atoms with van der Waals surface area (Å²) in [5.74, 6) is -0.552. The zero-order valence-corrected chi connectivity index (χ0v) is 13.6. The summed E-state index contributed by atoms with van der Waals surface area (Å²) in [6, 6.07) is 13.2. The number of halogens is 1. The number of ether oxygens (including phenoxy) is 1. The molecule has 0 bridgehead atoms. The molecular formula is C15H13BrO4S. The first-order chi connectivity index (χ1) is 9.86. The average molecular weight is 369 g/mol. The molecule has 0 aromatic heterocycles. The third kappa shape index (κ3) is 4.41. The Bertz CT molecular complexity index is 751. The zero-order valence-electron chi connectivity index (χ0n) is 11.2. The fourth-order valence-electron chi connectivity index (χ4n) is 1.67. The van der Waals surface area contributed by atoms with E-state index in [0.717, 1.165) is 16.3 Å². The van der Waals surface area contributed by atoms with E-state index in [4.69, 9.17) is 4.74 Å². The van der Waals surface area contributed by atoms with E-state index < -0.39 is 15.8 Å². The first-order valence-corrected chi connectivity index (χ1v) is 8.76.